The van der Waals surface area contributed by atoms with Gasteiger partial charge in [-0.3, -0.25) is 9.78 Å². The quantitative estimate of drug-likeness (QED) is 0.838. The van der Waals surface area contributed by atoms with Crippen LogP contribution in [0.5, 0.6) is 11.6 Å². The van der Waals surface area contributed by atoms with E-state index in [1.165, 1.54) is 6.07 Å². The smallest absolute Gasteiger partial charge is 0.267 e. The molecule has 0 bridgehead atoms. The highest BCUT2D eigenvalue weighted by molar-refractivity contribution is 5.90. The van der Waals surface area contributed by atoms with Crippen LogP contribution >= 0.6 is 0 Å². The summed E-state index contributed by atoms with van der Waals surface area (Å²) >= 11 is 0. The molecule has 80 valence electrons. The molecular formula is C11H9N3O2. The monoisotopic (exact) mass is 215 g/mol. The van der Waals surface area contributed by atoms with Gasteiger partial charge in [0.15, 0.2) is 0 Å². The maximum atomic E-state index is 10.9. The van der Waals surface area contributed by atoms with Crippen LogP contribution in [0.4, 0.5) is 0 Å². The van der Waals surface area contributed by atoms with Crippen LogP contribution in [0, 0.1) is 0 Å². The molecule has 0 aromatic carbocycles. The molecule has 0 atom stereocenters. The molecule has 2 aromatic heterocycles. The maximum absolute atomic E-state index is 10.9. The van der Waals surface area contributed by atoms with E-state index in [9.17, 15) is 4.79 Å². The molecule has 0 saturated carbocycles. The van der Waals surface area contributed by atoms with Crippen LogP contribution in [0.25, 0.3) is 0 Å². The van der Waals surface area contributed by atoms with Crippen LogP contribution in [0.1, 0.15) is 10.5 Å². The Hall–Kier alpha value is -2.43. The number of carbonyl (C=O) groups excluding carboxylic acids is 1. The first-order chi connectivity index (χ1) is 7.75. The van der Waals surface area contributed by atoms with Gasteiger partial charge in [-0.05, 0) is 18.2 Å². The van der Waals surface area contributed by atoms with Gasteiger partial charge in [-0.1, -0.05) is 6.07 Å². The Kier molecular flexibility index (Phi) is 2.77. The Bertz CT molecular complexity index is 500. The minimum atomic E-state index is -0.583. The van der Waals surface area contributed by atoms with Gasteiger partial charge in [0.05, 0.1) is 0 Å². The second-order valence-corrected chi connectivity index (χ2v) is 3.01. The summed E-state index contributed by atoms with van der Waals surface area (Å²) in [5, 5.41) is 0. The lowest BCUT2D eigenvalue weighted by molar-refractivity contribution is 0.0995. The number of pyridine rings is 2. The molecule has 2 N–H and O–H groups in total. The molecule has 5 nitrogen and oxygen atoms in total. The number of hydrogen-bond donors (Lipinski definition) is 1. The Balaban J connectivity index is 2.22. The second kappa shape index (κ2) is 4.39. The van der Waals surface area contributed by atoms with Crippen LogP contribution in [-0.4, -0.2) is 15.9 Å². The molecule has 0 aliphatic rings. The highest BCUT2D eigenvalue weighted by atomic mass is 16.5. The van der Waals surface area contributed by atoms with Crippen LogP contribution < -0.4 is 10.5 Å². The van der Waals surface area contributed by atoms with E-state index >= 15 is 0 Å². The van der Waals surface area contributed by atoms with E-state index in [1.807, 2.05) is 0 Å². The van der Waals surface area contributed by atoms with Gasteiger partial charge in [0.2, 0.25) is 5.88 Å². The first-order valence-electron chi connectivity index (χ1n) is 4.60. The van der Waals surface area contributed by atoms with Gasteiger partial charge in [-0.15, -0.1) is 0 Å². The lowest BCUT2D eigenvalue weighted by atomic mass is 10.3. The number of nitrogens with two attached hydrogens (primary N) is 1. The fourth-order valence-corrected chi connectivity index (χ4v) is 1.14. The molecule has 0 aliphatic carbocycles. The number of primary amides is 1. The van der Waals surface area contributed by atoms with Crippen LogP contribution in [-0.2, 0) is 0 Å². The van der Waals surface area contributed by atoms with E-state index in [0.29, 0.717) is 11.6 Å². The second-order valence-electron chi connectivity index (χ2n) is 3.01. The standard InChI is InChI=1S/C11H9N3O2/c12-11(15)9-2-1-3-10(14-9)16-8-4-6-13-7-5-8/h1-7H,(H2,12,15). The van der Waals surface area contributed by atoms with E-state index in [0.717, 1.165) is 0 Å². The molecule has 0 radical (unpaired) electrons. The number of nitrogens with zero attached hydrogens (tertiary/aromatic N) is 2. The van der Waals surface area contributed by atoms with Gasteiger partial charge in [-0.2, -0.15) is 0 Å². The third-order valence-electron chi connectivity index (χ3n) is 1.85. The first-order valence-corrected chi connectivity index (χ1v) is 4.60. The molecule has 5 heteroatoms. The third-order valence-corrected chi connectivity index (χ3v) is 1.85. The summed E-state index contributed by atoms with van der Waals surface area (Å²) in [7, 11) is 0. The van der Waals surface area contributed by atoms with Gasteiger partial charge >= 0.3 is 0 Å². The first kappa shape index (κ1) is 10.1. The van der Waals surface area contributed by atoms with Gasteiger partial charge in [0.25, 0.3) is 5.91 Å². The zero-order valence-electron chi connectivity index (χ0n) is 8.33. The fraction of sp³-hybridized carbons (Fsp3) is 0. The highest BCUT2D eigenvalue weighted by Gasteiger charge is 2.04. The van der Waals surface area contributed by atoms with Gasteiger partial charge < -0.3 is 10.5 Å². The van der Waals surface area contributed by atoms with Crippen molar-refractivity contribution in [3.8, 4) is 11.6 Å². The van der Waals surface area contributed by atoms with E-state index in [-0.39, 0.29) is 5.69 Å². The number of carbonyl (C=O) groups is 1. The molecule has 1 amide bonds. The van der Waals surface area contributed by atoms with Gasteiger partial charge in [0.1, 0.15) is 11.4 Å². The van der Waals surface area contributed by atoms with Crippen molar-refractivity contribution in [1.82, 2.24) is 9.97 Å². The third kappa shape index (κ3) is 2.33. The zero-order valence-corrected chi connectivity index (χ0v) is 8.33. The van der Waals surface area contributed by atoms with Gasteiger partial charge in [-0.25, -0.2) is 4.98 Å². The average Bonchev–Trinajstić information content (AvgIpc) is 2.30. The Morgan fingerprint density at radius 3 is 2.62 bits per heavy atom. The molecule has 0 aliphatic heterocycles. The number of rotatable bonds is 3. The van der Waals surface area contributed by atoms with E-state index in [1.54, 1.807) is 36.7 Å². The maximum Gasteiger partial charge on any atom is 0.267 e. The highest BCUT2D eigenvalue weighted by Crippen LogP contribution is 2.17. The fourth-order valence-electron chi connectivity index (χ4n) is 1.14. The summed E-state index contributed by atoms with van der Waals surface area (Å²) in [4.78, 5) is 18.7. The minimum absolute atomic E-state index is 0.173. The number of hydrogen-bond acceptors (Lipinski definition) is 4. The molecule has 0 fully saturated rings. The molecule has 2 heterocycles. The zero-order chi connectivity index (χ0) is 11.4. The van der Waals surface area contributed by atoms with Crippen molar-refractivity contribution in [1.29, 1.82) is 0 Å². The molecule has 2 rings (SSSR count). The summed E-state index contributed by atoms with van der Waals surface area (Å²) in [5.74, 6) is 0.340. The van der Waals surface area contributed by atoms with Crippen LogP contribution in [0.2, 0.25) is 0 Å². The average molecular weight is 215 g/mol. The molecular weight excluding hydrogens is 206 g/mol. The summed E-state index contributed by atoms with van der Waals surface area (Å²) in [5.41, 5.74) is 5.28. The van der Waals surface area contributed by atoms with E-state index in [4.69, 9.17) is 10.5 Å². The predicted molar refractivity (Wildman–Crippen MR) is 57.1 cm³/mol. The van der Waals surface area contributed by atoms with Crippen molar-refractivity contribution >= 4 is 5.91 Å². The van der Waals surface area contributed by atoms with Crippen LogP contribution in [0.3, 0.4) is 0 Å². The summed E-state index contributed by atoms with van der Waals surface area (Å²) in [6.07, 6.45) is 3.21. The minimum Gasteiger partial charge on any atom is -0.439 e. The SMILES string of the molecule is NC(=O)c1cccc(Oc2ccncc2)n1. The summed E-state index contributed by atoms with van der Waals surface area (Å²) in [6, 6.07) is 8.22. The van der Waals surface area contributed by atoms with Gasteiger partial charge in [0, 0.05) is 18.5 Å². The number of ether oxygens (including phenoxy) is 1. The lowest BCUT2D eigenvalue weighted by Gasteiger charge is -2.04. The van der Waals surface area contributed by atoms with E-state index < -0.39 is 5.91 Å². The molecule has 0 spiro atoms. The van der Waals surface area contributed by atoms with Crippen molar-refractivity contribution < 1.29 is 9.53 Å². The van der Waals surface area contributed by atoms with Crippen molar-refractivity contribution in [2.45, 2.75) is 0 Å². The van der Waals surface area contributed by atoms with Crippen molar-refractivity contribution in [3.05, 3.63) is 48.4 Å². The molecule has 0 unspecified atom stereocenters. The normalized spacial score (nSPS) is 9.75. The summed E-state index contributed by atoms with van der Waals surface area (Å²) in [6.45, 7) is 0. The Morgan fingerprint density at radius 2 is 1.94 bits per heavy atom. The largest absolute Gasteiger partial charge is 0.439 e. The van der Waals surface area contributed by atoms with E-state index in [2.05, 4.69) is 9.97 Å². The summed E-state index contributed by atoms with van der Waals surface area (Å²) < 4.78 is 5.41. The Labute approximate surface area is 91.9 Å². The molecule has 0 saturated heterocycles. The Morgan fingerprint density at radius 1 is 1.19 bits per heavy atom. The topological polar surface area (TPSA) is 78.1 Å². The lowest BCUT2D eigenvalue weighted by Crippen LogP contribution is -2.12. The predicted octanol–water partition coefficient (Wildman–Crippen LogP) is 1.37. The number of aromatic nitrogens is 2. The van der Waals surface area contributed by atoms with Crippen LogP contribution in [0.15, 0.2) is 42.7 Å². The number of amides is 1. The molecule has 16 heavy (non-hydrogen) atoms. The van der Waals surface area contributed by atoms with Crippen molar-refractivity contribution in [3.63, 3.8) is 0 Å². The van der Waals surface area contributed by atoms with Crippen molar-refractivity contribution in [2.24, 2.45) is 5.73 Å². The molecule has 2 aromatic rings. The van der Waals surface area contributed by atoms with Crippen molar-refractivity contribution in [2.75, 3.05) is 0 Å².